The summed E-state index contributed by atoms with van der Waals surface area (Å²) in [7, 11) is 0. The van der Waals surface area contributed by atoms with Gasteiger partial charge in [0, 0.05) is 36.7 Å². The fraction of sp³-hybridized carbons (Fsp3) is 0.538. The predicted octanol–water partition coefficient (Wildman–Crippen LogP) is 2.62. The number of nitrogens with zero attached hydrogens (tertiary/aromatic N) is 1. The normalized spacial score (nSPS) is 18.3. The molecule has 0 amide bonds. The molecule has 1 heterocycles. The number of ether oxygens (including phenoxy) is 1. The molecule has 1 aliphatic heterocycles. The molecule has 19 heavy (non-hydrogen) atoms. The zero-order chi connectivity index (χ0) is 13.7. The molecule has 1 fully saturated rings. The number of hydrogen-bond donors (Lipinski definition) is 2. The van der Waals surface area contributed by atoms with E-state index in [1.807, 2.05) is 6.07 Å². The number of non-ortho nitro benzene ring substituents is 1. The summed E-state index contributed by atoms with van der Waals surface area (Å²) in [5.74, 6) is 0. The van der Waals surface area contributed by atoms with Crippen LogP contribution in [0, 0.1) is 10.1 Å². The van der Waals surface area contributed by atoms with Crippen LogP contribution in [0.25, 0.3) is 0 Å². The van der Waals surface area contributed by atoms with Gasteiger partial charge in [-0.25, -0.2) is 0 Å². The van der Waals surface area contributed by atoms with Gasteiger partial charge in [-0.1, -0.05) is 6.92 Å². The van der Waals surface area contributed by atoms with Crippen LogP contribution in [0.1, 0.15) is 19.8 Å². The SMILES string of the molecule is CCCNc1cc(NC2CCOC2)cc([N+](=O)[O-])c1. The van der Waals surface area contributed by atoms with E-state index in [0.29, 0.717) is 6.61 Å². The van der Waals surface area contributed by atoms with Crippen molar-refractivity contribution in [3.8, 4) is 0 Å². The average Bonchev–Trinajstić information content (AvgIpc) is 2.89. The van der Waals surface area contributed by atoms with Gasteiger partial charge < -0.3 is 15.4 Å². The highest BCUT2D eigenvalue weighted by molar-refractivity contribution is 5.63. The highest BCUT2D eigenvalue weighted by atomic mass is 16.6. The van der Waals surface area contributed by atoms with Crippen LogP contribution in [0.15, 0.2) is 18.2 Å². The molecule has 0 radical (unpaired) electrons. The first-order chi connectivity index (χ1) is 9.19. The van der Waals surface area contributed by atoms with E-state index in [1.165, 1.54) is 0 Å². The van der Waals surface area contributed by atoms with Crippen molar-refractivity contribution in [1.82, 2.24) is 0 Å². The number of hydrogen-bond acceptors (Lipinski definition) is 5. The van der Waals surface area contributed by atoms with Gasteiger partial charge in [0.15, 0.2) is 0 Å². The third kappa shape index (κ3) is 3.82. The van der Waals surface area contributed by atoms with Gasteiger partial charge in [0.05, 0.1) is 17.6 Å². The lowest BCUT2D eigenvalue weighted by Crippen LogP contribution is -2.19. The molecular formula is C13H19N3O3. The lowest BCUT2D eigenvalue weighted by Gasteiger charge is -2.14. The molecule has 1 aliphatic rings. The van der Waals surface area contributed by atoms with Crippen molar-refractivity contribution in [3.05, 3.63) is 28.3 Å². The quantitative estimate of drug-likeness (QED) is 0.610. The molecule has 0 saturated carbocycles. The van der Waals surface area contributed by atoms with Crippen LogP contribution in [0.4, 0.5) is 17.1 Å². The van der Waals surface area contributed by atoms with Crippen molar-refractivity contribution in [2.24, 2.45) is 0 Å². The van der Waals surface area contributed by atoms with E-state index in [4.69, 9.17) is 4.74 Å². The minimum atomic E-state index is -0.368. The fourth-order valence-corrected chi connectivity index (χ4v) is 2.06. The van der Waals surface area contributed by atoms with Gasteiger partial charge >= 0.3 is 0 Å². The van der Waals surface area contributed by atoms with E-state index in [1.54, 1.807) is 12.1 Å². The van der Waals surface area contributed by atoms with Crippen LogP contribution in [0.2, 0.25) is 0 Å². The monoisotopic (exact) mass is 265 g/mol. The highest BCUT2D eigenvalue weighted by Gasteiger charge is 2.17. The summed E-state index contributed by atoms with van der Waals surface area (Å²) in [6.07, 6.45) is 1.91. The first-order valence-corrected chi connectivity index (χ1v) is 6.56. The maximum Gasteiger partial charge on any atom is 0.273 e. The summed E-state index contributed by atoms with van der Waals surface area (Å²) in [5.41, 5.74) is 1.64. The Bertz CT molecular complexity index is 445. The molecule has 6 nitrogen and oxygen atoms in total. The van der Waals surface area contributed by atoms with Crippen LogP contribution in [-0.2, 0) is 4.74 Å². The second-order valence-electron chi connectivity index (χ2n) is 4.66. The molecule has 0 spiro atoms. The summed E-state index contributed by atoms with van der Waals surface area (Å²) in [4.78, 5) is 10.6. The van der Waals surface area contributed by atoms with Crippen LogP contribution in [0.5, 0.6) is 0 Å². The molecule has 1 saturated heterocycles. The Hall–Kier alpha value is -1.82. The first-order valence-electron chi connectivity index (χ1n) is 6.56. The molecule has 1 unspecified atom stereocenters. The lowest BCUT2D eigenvalue weighted by molar-refractivity contribution is -0.384. The second-order valence-corrected chi connectivity index (χ2v) is 4.66. The van der Waals surface area contributed by atoms with Gasteiger partial charge in [-0.05, 0) is 18.9 Å². The standard InChI is InChI=1S/C13H19N3O3/c1-2-4-14-11-6-12(8-13(7-11)16(17)18)15-10-3-5-19-9-10/h6-8,10,14-15H,2-5,9H2,1H3. The zero-order valence-corrected chi connectivity index (χ0v) is 11.0. The van der Waals surface area contributed by atoms with Crippen molar-refractivity contribution in [3.63, 3.8) is 0 Å². The summed E-state index contributed by atoms with van der Waals surface area (Å²) in [6.45, 7) is 4.25. The molecule has 104 valence electrons. The molecular weight excluding hydrogens is 246 g/mol. The van der Waals surface area contributed by atoms with Crippen LogP contribution >= 0.6 is 0 Å². The summed E-state index contributed by atoms with van der Waals surface area (Å²) in [5, 5.41) is 17.4. The number of nitro groups is 1. The van der Waals surface area contributed by atoms with Crippen molar-refractivity contribution in [2.45, 2.75) is 25.8 Å². The van der Waals surface area contributed by atoms with Gasteiger partial charge in [-0.2, -0.15) is 0 Å². The predicted molar refractivity (Wildman–Crippen MR) is 74.7 cm³/mol. The summed E-state index contributed by atoms with van der Waals surface area (Å²) in [6, 6.07) is 5.27. The van der Waals surface area contributed by atoms with Crippen molar-refractivity contribution in [2.75, 3.05) is 30.4 Å². The van der Waals surface area contributed by atoms with E-state index in [9.17, 15) is 10.1 Å². The number of nitrogens with one attached hydrogen (secondary N) is 2. The van der Waals surface area contributed by atoms with Crippen molar-refractivity contribution in [1.29, 1.82) is 0 Å². The Morgan fingerprint density at radius 2 is 2.21 bits per heavy atom. The highest BCUT2D eigenvalue weighted by Crippen LogP contribution is 2.25. The largest absolute Gasteiger partial charge is 0.385 e. The fourth-order valence-electron chi connectivity index (χ4n) is 2.06. The van der Waals surface area contributed by atoms with Crippen molar-refractivity contribution >= 4 is 17.1 Å². The zero-order valence-electron chi connectivity index (χ0n) is 11.0. The molecule has 2 rings (SSSR count). The topological polar surface area (TPSA) is 76.4 Å². The smallest absolute Gasteiger partial charge is 0.273 e. The Kier molecular flexibility index (Phi) is 4.57. The Morgan fingerprint density at radius 1 is 1.42 bits per heavy atom. The minimum absolute atomic E-state index is 0.0996. The molecule has 1 atom stereocenters. The third-order valence-corrected chi connectivity index (χ3v) is 3.01. The summed E-state index contributed by atoms with van der Waals surface area (Å²) >= 11 is 0. The van der Waals surface area contributed by atoms with E-state index in [0.717, 1.165) is 37.4 Å². The van der Waals surface area contributed by atoms with E-state index in [2.05, 4.69) is 17.6 Å². The molecule has 2 N–H and O–H groups in total. The Balaban J connectivity index is 2.15. The molecule has 6 heteroatoms. The van der Waals surface area contributed by atoms with E-state index < -0.39 is 0 Å². The number of rotatable bonds is 6. The Labute approximate surface area is 112 Å². The van der Waals surface area contributed by atoms with E-state index >= 15 is 0 Å². The van der Waals surface area contributed by atoms with Crippen LogP contribution in [0.3, 0.4) is 0 Å². The number of nitro benzene ring substituents is 1. The number of anilines is 2. The van der Waals surface area contributed by atoms with E-state index in [-0.39, 0.29) is 16.7 Å². The van der Waals surface area contributed by atoms with Crippen molar-refractivity contribution < 1.29 is 9.66 Å². The van der Waals surface area contributed by atoms with Gasteiger partial charge in [-0.3, -0.25) is 10.1 Å². The van der Waals surface area contributed by atoms with Gasteiger partial charge in [0.1, 0.15) is 0 Å². The lowest BCUT2D eigenvalue weighted by atomic mass is 10.2. The molecule has 1 aromatic carbocycles. The van der Waals surface area contributed by atoms with Gasteiger partial charge in [0.2, 0.25) is 0 Å². The summed E-state index contributed by atoms with van der Waals surface area (Å²) < 4.78 is 5.29. The maximum absolute atomic E-state index is 10.9. The van der Waals surface area contributed by atoms with Crippen LogP contribution in [-0.4, -0.2) is 30.7 Å². The molecule has 0 aromatic heterocycles. The maximum atomic E-state index is 10.9. The number of benzene rings is 1. The van der Waals surface area contributed by atoms with Gasteiger partial charge in [-0.15, -0.1) is 0 Å². The average molecular weight is 265 g/mol. The molecule has 0 aliphatic carbocycles. The second kappa shape index (κ2) is 6.38. The minimum Gasteiger partial charge on any atom is -0.385 e. The Morgan fingerprint density at radius 3 is 2.84 bits per heavy atom. The van der Waals surface area contributed by atoms with Gasteiger partial charge in [0.25, 0.3) is 5.69 Å². The molecule has 0 bridgehead atoms. The van der Waals surface area contributed by atoms with Crippen LogP contribution < -0.4 is 10.6 Å². The molecule has 1 aromatic rings. The third-order valence-electron chi connectivity index (χ3n) is 3.01. The first kappa shape index (κ1) is 13.6.